The van der Waals surface area contributed by atoms with E-state index in [4.69, 9.17) is 9.47 Å². The Labute approximate surface area is 156 Å². The molecule has 142 valence electrons. The standard InChI is InChI=1S/C22H30O4/c1-11-9-14-17(18(11)24)20-22(6,26-20)8-7-15-16(21(15,4)5)10-12(2)19(14)25-13(3)23/h9,12,15-17,20H,7-8,10H2,1-6H3. The van der Waals surface area contributed by atoms with Gasteiger partial charge in [0.05, 0.1) is 11.5 Å². The van der Waals surface area contributed by atoms with Crippen molar-refractivity contribution in [1.82, 2.24) is 0 Å². The molecule has 0 aromatic heterocycles. The summed E-state index contributed by atoms with van der Waals surface area (Å²) in [6.45, 7) is 12.2. The molecule has 0 radical (unpaired) electrons. The zero-order chi connectivity index (χ0) is 19.0. The van der Waals surface area contributed by atoms with Gasteiger partial charge in [0.1, 0.15) is 11.9 Å². The number of epoxide rings is 1. The molecule has 3 aliphatic carbocycles. The molecule has 0 spiro atoms. The largest absolute Gasteiger partial charge is 0.431 e. The third-order valence-electron chi connectivity index (χ3n) is 7.45. The van der Waals surface area contributed by atoms with E-state index in [-0.39, 0.29) is 35.3 Å². The number of rotatable bonds is 1. The van der Waals surface area contributed by atoms with Crippen molar-refractivity contribution in [3.05, 3.63) is 23.0 Å². The molecule has 1 saturated carbocycles. The second-order valence-corrected chi connectivity index (χ2v) is 9.64. The maximum absolute atomic E-state index is 12.9. The van der Waals surface area contributed by atoms with Crippen LogP contribution in [0.15, 0.2) is 23.0 Å². The van der Waals surface area contributed by atoms with Crippen LogP contribution in [0.4, 0.5) is 0 Å². The summed E-state index contributed by atoms with van der Waals surface area (Å²) in [5, 5.41) is 0. The fourth-order valence-corrected chi connectivity index (χ4v) is 5.61. The van der Waals surface area contributed by atoms with Gasteiger partial charge in [0.2, 0.25) is 0 Å². The average molecular weight is 358 g/mol. The highest BCUT2D eigenvalue weighted by atomic mass is 16.6. The van der Waals surface area contributed by atoms with Crippen molar-refractivity contribution in [3.63, 3.8) is 0 Å². The van der Waals surface area contributed by atoms with E-state index in [1.165, 1.54) is 6.92 Å². The first-order valence-electron chi connectivity index (χ1n) is 9.89. The van der Waals surface area contributed by atoms with Gasteiger partial charge in [0.15, 0.2) is 5.78 Å². The highest BCUT2D eigenvalue weighted by molar-refractivity contribution is 6.03. The third-order valence-corrected chi connectivity index (χ3v) is 7.45. The topological polar surface area (TPSA) is 55.9 Å². The summed E-state index contributed by atoms with van der Waals surface area (Å²) in [6, 6.07) is 0. The number of esters is 1. The summed E-state index contributed by atoms with van der Waals surface area (Å²) in [4.78, 5) is 24.7. The molecule has 6 atom stereocenters. The minimum atomic E-state index is -0.320. The fraction of sp³-hybridized carbons (Fsp3) is 0.727. The molecule has 0 N–H and O–H groups in total. The molecule has 0 aromatic carbocycles. The van der Waals surface area contributed by atoms with Gasteiger partial charge in [-0.2, -0.15) is 0 Å². The Bertz CT molecular complexity index is 743. The number of fused-ring (bicyclic) bond motifs is 4. The number of allylic oxidation sites excluding steroid dienone is 3. The molecule has 4 rings (SSSR count). The van der Waals surface area contributed by atoms with Crippen molar-refractivity contribution >= 4 is 11.8 Å². The SMILES string of the molecule is CC(=O)OC1=C2C=C(C)C(=O)C2C2OC2(C)CCC2C(CC1C)C2(C)C. The lowest BCUT2D eigenvalue weighted by Gasteiger charge is -2.21. The van der Waals surface area contributed by atoms with Crippen molar-refractivity contribution in [2.45, 2.75) is 72.5 Å². The van der Waals surface area contributed by atoms with Crippen LogP contribution in [-0.4, -0.2) is 23.5 Å². The summed E-state index contributed by atoms with van der Waals surface area (Å²) < 4.78 is 11.8. The summed E-state index contributed by atoms with van der Waals surface area (Å²) in [5.74, 6) is 1.60. The Hall–Kier alpha value is -1.42. The van der Waals surface area contributed by atoms with Gasteiger partial charge in [-0.15, -0.1) is 0 Å². The normalized spacial score (nSPS) is 43.5. The van der Waals surface area contributed by atoms with E-state index in [0.29, 0.717) is 23.0 Å². The van der Waals surface area contributed by atoms with Gasteiger partial charge >= 0.3 is 5.97 Å². The van der Waals surface area contributed by atoms with E-state index in [2.05, 4.69) is 27.7 Å². The van der Waals surface area contributed by atoms with Crippen molar-refractivity contribution in [1.29, 1.82) is 0 Å². The van der Waals surface area contributed by atoms with Crippen molar-refractivity contribution in [3.8, 4) is 0 Å². The summed E-state index contributed by atoms with van der Waals surface area (Å²) >= 11 is 0. The lowest BCUT2D eigenvalue weighted by molar-refractivity contribution is -0.138. The second kappa shape index (κ2) is 5.54. The first-order chi connectivity index (χ1) is 12.1. The fourth-order valence-electron chi connectivity index (χ4n) is 5.61. The lowest BCUT2D eigenvalue weighted by Crippen LogP contribution is -2.26. The molecule has 0 aromatic rings. The molecule has 1 heterocycles. The minimum Gasteiger partial charge on any atom is -0.431 e. The molecule has 2 fully saturated rings. The van der Waals surface area contributed by atoms with Crippen LogP contribution in [0.2, 0.25) is 0 Å². The summed E-state index contributed by atoms with van der Waals surface area (Å²) in [7, 11) is 0. The van der Waals surface area contributed by atoms with Crippen LogP contribution in [-0.2, 0) is 19.1 Å². The average Bonchev–Trinajstić information content (AvgIpc) is 3.29. The second-order valence-electron chi connectivity index (χ2n) is 9.64. The van der Waals surface area contributed by atoms with Crippen LogP contribution >= 0.6 is 0 Å². The maximum atomic E-state index is 12.9. The molecule has 1 saturated heterocycles. The first-order valence-corrected chi connectivity index (χ1v) is 9.89. The number of Topliss-reactive ketones (excluding diaryl/α,β-unsaturated/α-hetero) is 1. The summed E-state index contributed by atoms with van der Waals surface area (Å²) in [6.07, 6.45) is 4.96. The number of hydrogen-bond donors (Lipinski definition) is 0. The zero-order valence-electron chi connectivity index (χ0n) is 16.7. The Morgan fingerprint density at radius 2 is 1.96 bits per heavy atom. The van der Waals surface area contributed by atoms with Gasteiger partial charge in [-0.3, -0.25) is 9.59 Å². The molecule has 4 nitrogen and oxygen atoms in total. The Balaban J connectivity index is 1.79. The van der Waals surface area contributed by atoms with Crippen molar-refractivity contribution in [2.75, 3.05) is 0 Å². The smallest absolute Gasteiger partial charge is 0.307 e. The third kappa shape index (κ3) is 2.60. The minimum absolute atomic E-state index is 0.102. The molecular weight excluding hydrogens is 328 g/mol. The van der Waals surface area contributed by atoms with E-state index >= 15 is 0 Å². The molecule has 0 bridgehead atoms. The number of ether oxygens (including phenoxy) is 2. The molecule has 4 heteroatoms. The Morgan fingerprint density at radius 1 is 1.27 bits per heavy atom. The predicted octanol–water partition coefficient (Wildman–Crippen LogP) is 4.20. The first kappa shape index (κ1) is 18.0. The van der Waals surface area contributed by atoms with E-state index in [1.54, 1.807) is 0 Å². The van der Waals surface area contributed by atoms with Gasteiger partial charge in [-0.1, -0.05) is 20.8 Å². The zero-order valence-corrected chi connectivity index (χ0v) is 16.7. The molecule has 1 aliphatic heterocycles. The van der Waals surface area contributed by atoms with Gasteiger partial charge in [-0.25, -0.2) is 0 Å². The van der Waals surface area contributed by atoms with Crippen LogP contribution < -0.4 is 0 Å². The molecule has 6 unspecified atom stereocenters. The number of ketones is 1. The molecule has 26 heavy (non-hydrogen) atoms. The monoisotopic (exact) mass is 358 g/mol. The molecule has 0 amide bonds. The van der Waals surface area contributed by atoms with Crippen LogP contribution in [0.1, 0.15) is 60.8 Å². The van der Waals surface area contributed by atoms with Gasteiger partial charge in [0.25, 0.3) is 0 Å². The Kier molecular flexibility index (Phi) is 3.83. The van der Waals surface area contributed by atoms with Crippen LogP contribution in [0.5, 0.6) is 0 Å². The highest BCUT2D eigenvalue weighted by Crippen LogP contribution is 2.65. The highest BCUT2D eigenvalue weighted by Gasteiger charge is 2.63. The quantitative estimate of drug-likeness (QED) is 0.521. The van der Waals surface area contributed by atoms with E-state index in [0.717, 1.165) is 30.4 Å². The van der Waals surface area contributed by atoms with Crippen LogP contribution in [0.3, 0.4) is 0 Å². The Morgan fingerprint density at radius 3 is 2.62 bits per heavy atom. The summed E-state index contributed by atoms with van der Waals surface area (Å²) in [5.41, 5.74) is 1.71. The van der Waals surface area contributed by atoms with Crippen molar-refractivity contribution < 1.29 is 19.1 Å². The molecular formula is C22H30O4. The van der Waals surface area contributed by atoms with E-state index in [9.17, 15) is 9.59 Å². The van der Waals surface area contributed by atoms with Crippen LogP contribution in [0, 0.1) is 29.1 Å². The molecule has 4 aliphatic rings. The van der Waals surface area contributed by atoms with Gasteiger partial charge < -0.3 is 9.47 Å². The van der Waals surface area contributed by atoms with Crippen LogP contribution in [0.25, 0.3) is 0 Å². The number of carbonyl (C=O) groups is 2. The maximum Gasteiger partial charge on any atom is 0.307 e. The number of hydrogen-bond acceptors (Lipinski definition) is 4. The lowest BCUT2D eigenvalue weighted by atomic mass is 9.84. The van der Waals surface area contributed by atoms with Gasteiger partial charge in [0, 0.05) is 18.4 Å². The van der Waals surface area contributed by atoms with E-state index < -0.39 is 0 Å². The predicted molar refractivity (Wildman–Crippen MR) is 98.1 cm³/mol. The van der Waals surface area contributed by atoms with Gasteiger partial charge in [-0.05, 0) is 62.0 Å². The number of carbonyl (C=O) groups excluding carboxylic acids is 2. The van der Waals surface area contributed by atoms with E-state index in [1.807, 2.05) is 13.0 Å². The van der Waals surface area contributed by atoms with Crippen molar-refractivity contribution in [2.24, 2.45) is 29.1 Å².